The van der Waals surface area contributed by atoms with Gasteiger partial charge in [-0.3, -0.25) is 0 Å². The van der Waals surface area contributed by atoms with Crippen LogP contribution < -0.4 is 0 Å². The Morgan fingerprint density at radius 3 is 1.95 bits per heavy atom. The highest BCUT2D eigenvalue weighted by Crippen LogP contribution is 2.07. The highest BCUT2D eigenvalue weighted by Gasteiger charge is 2.09. The van der Waals surface area contributed by atoms with E-state index in [1.54, 1.807) is 0 Å². The Balaban J connectivity index is 3.39. The van der Waals surface area contributed by atoms with E-state index in [0.29, 0.717) is 13.2 Å². The molecule has 0 spiro atoms. The summed E-state index contributed by atoms with van der Waals surface area (Å²) in [7, 11) is 0. The van der Waals surface area contributed by atoms with Crippen molar-refractivity contribution >= 4 is 5.97 Å². The molecule has 0 aliphatic carbocycles. The van der Waals surface area contributed by atoms with Gasteiger partial charge in [-0.1, -0.05) is 58.8 Å². The molecule has 0 aromatic carbocycles. The van der Waals surface area contributed by atoms with E-state index >= 15 is 0 Å². The lowest BCUT2D eigenvalue weighted by molar-refractivity contribution is -0.143. The van der Waals surface area contributed by atoms with E-state index in [4.69, 9.17) is 9.47 Å². The predicted molar refractivity (Wildman–Crippen MR) is 79.0 cm³/mol. The summed E-state index contributed by atoms with van der Waals surface area (Å²) >= 11 is 0. The minimum absolute atomic E-state index is 0.144. The highest BCUT2D eigenvalue weighted by molar-refractivity contribution is 5.85. The monoisotopic (exact) mass is 270 g/mol. The summed E-state index contributed by atoms with van der Waals surface area (Å²) in [5.41, 5.74) is 0. The van der Waals surface area contributed by atoms with Crippen molar-refractivity contribution in [3.63, 3.8) is 0 Å². The summed E-state index contributed by atoms with van der Waals surface area (Å²) in [4.78, 5) is 11.5. The topological polar surface area (TPSA) is 35.5 Å². The van der Waals surface area contributed by atoms with E-state index in [1.165, 1.54) is 25.7 Å². The minimum atomic E-state index is -0.415. The number of ether oxygens (including phenoxy) is 2. The van der Waals surface area contributed by atoms with Crippen molar-refractivity contribution in [1.29, 1.82) is 0 Å². The van der Waals surface area contributed by atoms with E-state index in [0.717, 1.165) is 32.1 Å². The van der Waals surface area contributed by atoms with Crippen molar-refractivity contribution in [2.45, 2.75) is 71.6 Å². The Bertz CT molecular complexity index is 236. The molecule has 0 aromatic rings. The molecular formula is C16H30O3. The molecule has 3 nitrogen and oxygen atoms in total. The van der Waals surface area contributed by atoms with Crippen molar-refractivity contribution in [1.82, 2.24) is 0 Å². The van der Waals surface area contributed by atoms with E-state index in [-0.39, 0.29) is 5.76 Å². The average Bonchev–Trinajstić information content (AvgIpc) is 2.42. The molecule has 0 N–H and O–H groups in total. The van der Waals surface area contributed by atoms with Crippen molar-refractivity contribution < 1.29 is 14.3 Å². The summed E-state index contributed by atoms with van der Waals surface area (Å²) in [6.07, 6.45) is 10.3. The molecule has 112 valence electrons. The number of unbranched alkanes of at least 4 members (excludes halogenated alkanes) is 7. The zero-order chi connectivity index (χ0) is 14.3. The van der Waals surface area contributed by atoms with Crippen LogP contribution in [0.25, 0.3) is 0 Å². The van der Waals surface area contributed by atoms with E-state index in [1.807, 2.05) is 0 Å². The van der Waals surface area contributed by atoms with Crippen LogP contribution in [0.4, 0.5) is 0 Å². The van der Waals surface area contributed by atoms with Crippen LogP contribution in [0.3, 0.4) is 0 Å². The molecule has 0 aliphatic heterocycles. The van der Waals surface area contributed by atoms with Gasteiger partial charge in [0.2, 0.25) is 0 Å². The lowest BCUT2D eigenvalue weighted by atomic mass is 10.1. The molecule has 0 rings (SSSR count). The average molecular weight is 270 g/mol. The molecular weight excluding hydrogens is 240 g/mol. The van der Waals surface area contributed by atoms with Gasteiger partial charge in [-0.2, -0.15) is 0 Å². The van der Waals surface area contributed by atoms with E-state index in [9.17, 15) is 4.79 Å². The highest BCUT2D eigenvalue weighted by atomic mass is 16.6. The Hall–Kier alpha value is -0.990. The van der Waals surface area contributed by atoms with Crippen molar-refractivity contribution in [2.24, 2.45) is 0 Å². The third-order valence-corrected chi connectivity index (χ3v) is 2.98. The smallest absolute Gasteiger partial charge is 0.372 e. The van der Waals surface area contributed by atoms with Gasteiger partial charge < -0.3 is 9.47 Å². The third kappa shape index (κ3) is 11.8. The molecule has 0 aliphatic rings. The molecule has 3 heteroatoms. The van der Waals surface area contributed by atoms with Gasteiger partial charge in [0, 0.05) is 0 Å². The normalized spacial score (nSPS) is 10.2. The second-order valence-electron chi connectivity index (χ2n) is 4.88. The van der Waals surface area contributed by atoms with Crippen LogP contribution >= 0.6 is 0 Å². The van der Waals surface area contributed by atoms with Crippen LogP contribution in [0.5, 0.6) is 0 Å². The Morgan fingerprint density at radius 1 is 0.789 bits per heavy atom. The summed E-state index contributed by atoms with van der Waals surface area (Å²) in [5.74, 6) is -0.271. The van der Waals surface area contributed by atoms with Crippen LogP contribution in [0.15, 0.2) is 12.3 Å². The van der Waals surface area contributed by atoms with Gasteiger partial charge >= 0.3 is 5.97 Å². The molecule has 0 bridgehead atoms. The van der Waals surface area contributed by atoms with Crippen LogP contribution in [-0.2, 0) is 14.3 Å². The standard InChI is InChI=1S/C16H30O3/c1-4-6-8-9-10-12-13-18-15(3)16(17)19-14-11-7-5-2/h3-14H2,1-2H3. The Kier molecular flexibility index (Phi) is 12.7. The molecule has 0 aromatic heterocycles. The summed E-state index contributed by atoms with van der Waals surface area (Å²) in [5, 5.41) is 0. The van der Waals surface area contributed by atoms with Gasteiger partial charge in [0.1, 0.15) is 0 Å². The van der Waals surface area contributed by atoms with Crippen LogP contribution in [0, 0.1) is 0 Å². The van der Waals surface area contributed by atoms with Gasteiger partial charge in [-0.15, -0.1) is 0 Å². The first kappa shape index (κ1) is 18.0. The largest absolute Gasteiger partial charge is 0.487 e. The van der Waals surface area contributed by atoms with Gasteiger partial charge in [0.15, 0.2) is 5.76 Å². The van der Waals surface area contributed by atoms with Gasteiger partial charge in [0.05, 0.1) is 13.2 Å². The first-order chi connectivity index (χ1) is 9.22. The fraction of sp³-hybridized carbons (Fsp3) is 0.812. The lowest BCUT2D eigenvalue weighted by Crippen LogP contribution is -2.11. The molecule has 0 saturated heterocycles. The number of hydrogen-bond acceptors (Lipinski definition) is 3. The summed E-state index contributed by atoms with van der Waals surface area (Å²) < 4.78 is 10.4. The molecule has 0 saturated carbocycles. The zero-order valence-electron chi connectivity index (χ0n) is 12.7. The van der Waals surface area contributed by atoms with Crippen LogP contribution in [0.2, 0.25) is 0 Å². The Labute approximate surface area is 118 Å². The molecule has 0 amide bonds. The molecule has 0 fully saturated rings. The fourth-order valence-corrected chi connectivity index (χ4v) is 1.73. The van der Waals surface area contributed by atoms with Crippen molar-refractivity contribution in [3.8, 4) is 0 Å². The molecule has 0 radical (unpaired) electrons. The van der Waals surface area contributed by atoms with Gasteiger partial charge in [-0.05, 0) is 19.4 Å². The summed E-state index contributed by atoms with van der Waals surface area (Å²) in [6, 6.07) is 0. The lowest BCUT2D eigenvalue weighted by Gasteiger charge is -2.09. The predicted octanol–water partition coefficient (Wildman–Crippen LogP) is 4.61. The molecule has 0 atom stereocenters. The fourth-order valence-electron chi connectivity index (χ4n) is 1.73. The number of carbonyl (C=O) groups is 1. The minimum Gasteiger partial charge on any atom is -0.487 e. The van der Waals surface area contributed by atoms with E-state index < -0.39 is 5.97 Å². The maximum absolute atomic E-state index is 11.5. The maximum Gasteiger partial charge on any atom is 0.372 e. The number of esters is 1. The van der Waals surface area contributed by atoms with Crippen molar-refractivity contribution in [3.05, 3.63) is 12.3 Å². The number of hydrogen-bond donors (Lipinski definition) is 0. The number of carbonyl (C=O) groups excluding carboxylic acids is 1. The van der Waals surface area contributed by atoms with Gasteiger partial charge in [-0.25, -0.2) is 4.79 Å². The quantitative estimate of drug-likeness (QED) is 0.212. The zero-order valence-corrected chi connectivity index (χ0v) is 12.7. The summed E-state index contributed by atoms with van der Waals surface area (Å²) in [6.45, 7) is 8.96. The maximum atomic E-state index is 11.5. The molecule has 0 unspecified atom stereocenters. The van der Waals surface area contributed by atoms with Crippen molar-refractivity contribution in [2.75, 3.05) is 13.2 Å². The van der Waals surface area contributed by atoms with E-state index in [2.05, 4.69) is 20.4 Å². The number of rotatable bonds is 13. The molecule has 0 heterocycles. The Morgan fingerprint density at radius 2 is 1.26 bits per heavy atom. The third-order valence-electron chi connectivity index (χ3n) is 2.98. The first-order valence-corrected chi connectivity index (χ1v) is 7.71. The van der Waals surface area contributed by atoms with Crippen LogP contribution in [-0.4, -0.2) is 19.2 Å². The second kappa shape index (κ2) is 13.4. The second-order valence-corrected chi connectivity index (χ2v) is 4.88. The molecule has 19 heavy (non-hydrogen) atoms. The SMILES string of the molecule is C=C(OCCCCCCCC)C(=O)OCCCCC. The van der Waals surface area contributed by atoms with Gasteiger partial charge in [0.25, 0.3) is 0 Å². The first-order valence-electron chi connectivity index (χ1n) is 7.71. The van der Waals surface area contributed by atoms with Crippen LogP contribution in [0.1, 0.15) is 71.6 Å².